The molecule has 0 bridgehead atoms. The van der Waals surface area contributed by atoms with E-state index in [1.165, 1.54) is 35.5 Å². The third kappa shape index (κ3) is 22.5. The maximum atomic E-state index is 11.6. The van der Waals surface area contributed by atoms with Gasteiger partial charge in [-0.3, -0.25) is 0 Å². The second kappa shape index (κ2) is 32.3. The monoisotopic (exact) mass is 626 g/mol. The van der Waals surface area contributed by atoms with Crippen LogP contribution in [-0.4, -0.2) is 78.8 Å². The van der Waals surface area contributed by atoms with Gasteiger partial charge in [0.15, 0.2) is 0 Å². The van der Waals surface area contributed by atoms with Gasteiger partial charge in [-0.15, -0.1) is 0 Å². The molecule has 0 unspecified atom stereocenters. The third-order valence-corrected chi connectivity index (χ3v) is 4.02. The lowest BCUT2D eigenvalue weighted by atomic mass is 10.2. The van der Waals surface area contributed by atoms with Gasteiger partial charge in [0.2, 0.25) is 0 Å². The molecule has 0 aromatic heterocycles. The Balaban J connectivity index is -0.000000124. The molecule has 2 rings (SSSR count). The number of aliphatic hydroxyl groups excluding tert-OH is 1. The van der Waals surface area contributed by atoms with Gasteiger partial charge in [-0.05, 0) is 24.3 Å². The van der Waals surface area contributed by atoms with Gasteiger partial charge in [0.25, 0.3) is 0 Å². The minimum Gasteiger partial charge on any atom is -0.495 e. The van der Waals surface area contributed by atoms with Crippen molar-refractivity contribution in [1.82, 2.24) is 0 Å². The zero-order chi connectivity index (χ0) is 30.9. The quantitative estimate of drug-likeness (QED) is 0.104. The first-order valence-electron chi connectivity index (χ1n) is 11.0. The summed E-state index contributed by atoms with van der Waals surface area (Å²) in [5.41, 5.74) is 6.68. The van der Waals surface area contributed by atoms with Crippen molar-refractivity contribution in [2.45, 2.75) is 29.7 Å². The first-order chi connectivity index (χ1) is 19.2. The lowest BCUT2D eigenvalue weighted by Gasteiger charge is -2.12. The molecule has 0 radical (unpaired) electrons. The van der Waals surface area contributed by atoms with Crippen LogP contribution in [0.3, 0.4) is 0 Å². The molecule has 0 amide bonds. The van der Waals surface area contributed by atoms with Crippen LogP contribution in [0, 0.1) is 11.8 Å². The highest BCUT2D eigenvalue weighted by Crippen LogP contribution is 2.24. The van der Waals surface area contributed by atoms with Crippen molar-refractivity contribution in [2.75, 3.05) is 60.8 Å². The van der Waals surface area contributed by atoms with Crippen LogP contribution in [0.4, 0.5) is 11.4 Å². The van der Waals surface area contributed by atoms with E-state index in [1.807, 2.05) is 30.0 Å². The molecule has 0 aliphatic carbocycles. The smallest absolute Gasteiger partial charge is 0.384 e. The summed E-state index contributed by atoms with van der Waals surface area (Å²) < 4.78 is 27.4. The van der Waals surface area contributed by atoms with Crippen molar-refractivity contribution in [1.29, 1.82) is 0 Å². The second-order valence-corrected chi connectivity index (χ2v) is 6.37. The van der Waals surface area contributed by atoms with Crippen molar-refractivity contribution in [3.8, 4) is 23.3 Å². The Morgan fingerprint density at radius 3 is 1.48 bits per heavy atom. The van der Waals surface area contributed by atoms with E-state index in [2.05, 4.69) is 24.3 Å². The van der Waals surface area contributed by atoms with E-state index in [0.717, 1.165) is 18.9 Å². The lowest BCUT2D eigenvalue weighted by Crippen LogP contribution is -2.15. The largest absolute Gasteiger partial charge is 0.495 e. The molecule has 0 heterocycles. The van der Waals surface area contributed by atoms with E-state index in [4.69, 9.17) is 20.3 Å². The predicted octanol–water partition coefficient (Wildman–Crippen LogP) is 4.10. The van der Waals surface area contributed by atoms with Gasteiger partial charge in [-0.2, -0.15) is 0 Å². The van der Waals surface area contributed by atoms with Gasteiger partial charge in [-0.25, -0.2) is 19.2 Å². The van der Waals surface area contributed by atoms with E-state index in [1.54, 1.807) is 37.4 Å². The normalized spacial score (nSPS) is 8.14. The number of hydrogen-bond donors (Lipinski definition) is 3. The fourth-order valence-electron chi connectivity index (χ4n) is 2.20. The first-order valence-corrected chi connectivity index (χ1v) is 11.0. The number of esters is 4. The molecule has 0 aliphatic heterocycles. The molecule has 2 aromatic rings. The molecule has 13 heteroatoms. The summed E-state index contributed by atoms with van der Waals surface area (Å²) in [6, 6.07) is 14.4. The molecular formula is C31H50N2O11. The number of aliphatic hydroxyl groups is 1. The number of para-hydroxylation sites is 4. The second-order valence-electron chi connectivity index (χ2n) is 6.37. The molecule has 4 N–H and O–H groups in total. The maximum Gasteiger partial charge on any atom is 0.384 e. The van der Waals surface area contributed by atoms with Crippen molar-refractivity contribution in [3.63, 3.8) is 0 Å². The number of anilines is 2. The van der Waals surface area contributed by atoms with Gasteiger partial charge in [0, 0.05) is 19.0 Å². The van der Waals surface area contributed by atoms with Crippen molar-refractivity contribution >= 4 is 35.3 Å². The molecular weight excluding hydrogens is 576 g/mol. The fourth-order valence-corrected chi connectivity index (χ4v) is 2.20. The van der Waals surface area contributed by atoms with Gasteiger partial charge in [0.05, 0.1) is 60.1 Å². The molecule has 0 atom stereocenters. The van der Waals surface area contributed by atoms with Gasteiger partial charge < -0.3 is 44.6 Å². The summed E-state index contributed by atoms with van der Waals surface area (Å²) in [4.78, 5) is 43.2. The highest BCUT2D eigenvalue weighted by atomic mass is 16.5. The number of hydrogen-bond acceptors (Lipinski definition) is 13. The third-order valence-electron chi connectivity index (χ3n) is 4.02. The Morgan fingerprint density at radius 2 is 1.11 bits per heavy atom. The SMILES string of the molecule is C.C.C.C.CO.COC(=O)/C=C(/Nc1ccccc1OC)C(=O)OC.COC(=O)C#CC(=O)OC.COc1ccccc1N. The fraction of sp³-hybridized carbons (Fsp3) is 0.355. The molecule has 250 valence electrons. The van der Waals surface area contributed by atoms with Crippen LogP contribution in [0.2, 0.25) is 0 Å². The molecule has 0 saturated carbocycles. The zero-order valence-electron chi connectivity index (χ0n) is 23.3. The number of carbonyl (C=O) groups excluding carboxylic acids is 4. The lowest BCUT2D eigenvalue weighted by molar-refractivity contribution is -0.138. The van der Waals surface area contributed by atoms with E-state index < -0.39 is 23.9 Å². The number of rotatable bonds is 6. The summed E-state index contributed by atoms with van der Waals surface area (Å²) in [5, 5.41) is 9.78. The highest BCUT2D eigenvalue weighted by molar-refractivity contribution is 5.99. The Morgan fingerprint density at radius 1 is 0.682 bits per heavy atom. The van der Waals surface area contributed by atoms with E-state index in [9.17, 15) is 19.2 Å². The standard InChI is InChI=1S/C13H15NO5.C7H9NO.C6H6O4.CH4O.4CH4/c1-17-11-7-5-4-6-9(11)14-10(13(16)19-3)8-12(15)18-2;1-9-7-5-3-2-4-6(7)8;1-9-5(7)3-4-6(8)10-2;1-2;;;;/h4-8,14H,1-3H3;2-5H,8H2,1H3;1-2H3;2H,1H3;4*1H4/b10-8+;;;;;;;. The van der Waals surface area contributed by atoms with Crippen molar-refractivity contribution < 1.29 is 52.7 Å². The summed E-state index contributed by atoms with van der Waals surface area (Å²) in [6.07, 6.45) is 1.01. The van der Waals surface area contributed by atoms with Crippen molar-refractivity contribution in [3.05, 3.63) is 60.3 Å². The molecule has 0 spiro atoms. The topological polar surface area (TPSA) is 182 Å². The van der Waals surface area contributed by atoms with Gasteiger partial charge in [-0.1, -0.05) is 54.0 Å². The zero-order valence-corrected chi connectivity index (χ0v) is 23.3. The maximum absolute atomic E-state index is 11.6. The van der Waals surface area contributed by atoms with Crippen molar-refractivity contribution in [2.24, 2.45) is 0 Å². The number of benzene rings is 2. The minimum atomic E-state index is -0.759. The Hall–Kier alpha value is -5.22. The molecule has 44 heavy (non-hydrogen) atoms. The van der Waals surface area contributed by atoms with E-state index >= 15 is 0 Å². The van der Waals surface area contributed by atoms with Crippen LogP contribution < -0.4 is 20.5 Å². The Labute approximate surface area is 262 Å². The van der Waals surface area contributed by atoms with Crippen LogP contribution in [-0.2, 0) is 38.1 Å². The average molecular weight is 627 g/mol. The number of methoxy groups -OCH3 is 6. The number of nitrogens with one attached hydrogen (secondary N) is 1. The van der Waals surface area contributed by atoms with E-state index in [0.29, 0.717) is 17.1 Å². The first kappa shape index (κ1) is 51.5. The molecule has 0 aliphatic rings. The minimum absolute atomic E-state index is 0. The number of nitrogens with two attached hydrogens (primary N) is 1. The van der Waals surface area contributed by atoms with Crippen LogP contribution in [0.1, 0.15) is 29.7 Å². The Bertz CT molecular complexity index is 1150. The number of nitrogen functional groups attached to an aromatic ring is 1. The molecule has 0 saturated heterocycles. The summed E-state index contributed by atoms with van der Waals surface area (Å²) in [5.74, 6) is 2.19. The van der Waals surface area contributed by atoms with Gasteiger partial charge in [0.1, 0.15) is 17.2 Å². The van der Waals surface area contributed by atoms with Crippen LogP contribution in [0.15, 0.2) is 60.3 Å². The molecule has 0 fully saturated rings. The summed E-state index contributed by atoms with van der Waals surface area (Å²) in [6.45, 7) is 0. The van der Waals surface area contributed by atoms with Crippen LogP contribution in [0.25, 0.3) is 0 Å². The van der Waals surface area contributed by atoms with Crippen LogP contribution >= 0.6 is 0 Å². The number of carbonyl (C=O) groups is 4. The summed E-state index contributed by atoms with van der Waals surface area (Å²) in [7, 11) is 8.89. The molecule has 13 nitrogen and oxygen atoms in total. The Kier molecular flexibility index (Phi) is 37.8. The molecule has 2 aromatic carbocycles. The van der Waals surface area contributed by atoms with E-state index in [-0.39, 0.29) is 35.4 Å². The predicted molar refractivity (Wildman–Crippen MR) is 173 cm³/mol. The number of ether oxygens (including phenoxy) is 6. The highest BCUT2D eigenvalue weighted by Gasteiger charge is 2.14. The van der Waals surface area contributed by atoms with Gasteiger partial charge >= 0.3 is 23.9 Å². The van der Waals surface area contributed by atoms with Crippen LogP contribution in [0.5, 0.6) is 11.5 Å². The summed E-state index contributed by atoms with van der Waals surface area (Å²) >= 11 is 0. The average Bonchev–Trinajstić information content (AvgIpc) is 3.00.